The van der Waals surface area contributed by atoms with Crippen molar-refractivity contribution in [2.45, 2.75) is 119 Å². The normalized spacial score (nSPS) is 14.7. The molecule has 8 rings (SSSR count). The second kappa shape index (κ2) is 25.8. The van der Waals surface area contributed by atoms with Gasteiger partial charge in [0.05, 0.1) is 13.5 Å². The van der Waals surface area contributed by atoms with Crippen LogP contribution in [0.3, 0.4) is 0 Å². The van der Waals surface area contributed by atoms with Crippen LogP contribution in [0.25, 0.3) is 10.4 Å². The Bertz CT molecular complexity index is 2610. The topological polar surface area (TPSA) is 118 Å². The molecule has 2 amide bonds. The summed E-state index contributed by atoms with van der Waals surface area (Å²) >= 11 is 15.9. The van der Waals surface area contributed by atoms with E-state index in [4.69, 9.17) is 23.2 Å². The zero-order valence-corrected chi connectivity index (χ0v) is 45.7. The number of amides is 2. The van der Waals surface area contributed by atoms with Crippen LogP contribution in [0.1, 0.15) is 147 Å². The second-order valence-electron chi connectivity index (χ2n) is 17.0. The Labute approximate surface area is 427 Å². The maximum Gasteiger partial charge on any atom is 0.174 e. The molecule has 0 aliphatic heterocycles. The van der Waals surface area contributed by atoms with E-state index in [2.05, 4.69) is 81.6 Å². The predicted octanol–water partition coefficient (Wildman–Crippen LogP) is 15.8. The Morgan fingerprint density at radius 1 is 0.657 bits per heavy atom. The monoisotopic (exact) mass is 1150 g/mol. The minimum absolute atomic E-state index is 0. The Morgan fingerprint density at radius 3 is 1.58 bits per heavy atom. The standard InChI is InChI=1S/C20H15ClN2O2S.C13H8BrClOS.C7H7N2O.3C4H9.CH4.Sn/c1-11(24)23-19-8-13(6-7-22-19)18-10-16-15(9-17(25)20(16)26-18)12-2-4-14(21)5-3-12;14-12-6-10-9(5-11(16)13(10)17-12)7-1-3-8(15)4-2-7;1-6(10)9-7-4-2-3-5-8-7;3*1-3-4-2;;/h2-8,10,15H,9H2,1H3,(H,22,23,24);1-4,6,9H,5H2;3-5H,1H3,(H,8,9,10);3*1,3-4H2,2H3;1H4;. The van der Waals surface area contributed by atoms with Gasteiger partial charge in [0.15, 0.2) is 11.6 Å². The van der Waals surface area contributed by atoms with Crippen LogP contribution in [-0.2, 0) is 9.59 Å². The summed E-state index contributed by atoms with van der Waals surface area (Å²) in [6, 6.07) is 27.7. The molecule has 2 atom stereocenters. The molecule has 4 aromatic heterocycles. The number of carbonyl (C=O) groups excluding carboxylic acids is 4. The number of anilines is 2. The van der Waals surface area contributed by atoms with Gasteiger partial charge in [-0.1, -0.05) is 54.9 Å². The van der Waals surface area contributed by atoms with Crippen LogP contribution in [0, 0.1) is 0 Å². The summed E-state index contributed by atoms with van der Waals surface area (Å²) in [5, 5.41) is 6.97. The summed E-state index contributed by atoms with van der Waals surface area (Å²) < 4.78 is 6.90. The van der Waals surface area contributed by atoms with Gasteiger partial charge in [-0.25, -0.2) is 4.98 Å². The molecule has 2 unspecified atom stereocenters. The van der Waals surface area contributed by atoms with Crippen molar-refractivity contribution in [2.75, 3.05) is 10.6 Å². The Morgan fingerprint density at radius 2 is 1.10 bits per heavy atom. The first kappa shape index (κ1) is 54.2. The zero-order chi connectivity index (χ0) is 47.4. The van der Waals surface area contributed by atoms with Gasteiger partial charge in [-0.2, -0.15) is 0 Å². The van der Waals surface area contributed by atoms with Gasteiger partial charge in [-0.05, 0) is 92.3 Å². The first-order chi connectivity index (χ1) is 31.7. The first-order valence-electron chi connectivity index (χ1n) is 22.7. The second-order valence-corrected chi connectivity index (χ2v) is 34.6. The third-order valence-electron chi connectivity index (χ3n) is 12.1. The molecule has 0 saturated heterocycles. The number of thiophene rings is 2. The van der Waals surface area contributed by atoms with E-state index < -0.39 is 18.4 Å². The molecule has 8 nitrogen and oxygen atoms in total. The van der Waals surface area contributed by atoms with Crippen LogP contribution in [0.2, 0.25) is 23.4 Å². The quantitative estimate of drug-likeness (QED) is 0.0989. The largest absolute Gasteiger partial charge is 0.293 e. The maximum atomic E-state index is 12.5. The van der Waals surface area contributed by atoms with Crippen LogP contribution in [-0.4, -0.2) is 51.7 Å². The summed E-state index contributed by atoms with van der Waals surface area (Å²) in [6.07, 6.45) is 12.5. The molecule has 0 spiro atoms. The van der Waals surface area contributed by atoms with E-state index >= 15 is 0 Å². The van der Waals surface area contributed by atoms with Gasteiger partial charge < -0.3 is 5.32 Å². The molecule has 14 heteroatoms. The van der Waals surface area contributed by atoms with E-state index in [0.717, 1.165) is 57.1 Å². The number of halogens is 3. The van der Waals surface area contributed by atoms with Crippen molar-refractivity contribution in [1.82, 2.24) is 9.97 Å². The minimum Gasteiger partial charge on any atom is -0.293 e. The number of aromatic nitrogens is 2. The Balaban J connectivity index is 0.000000191. The minimum atomic E-state index is -2.40. The smallest absolute Gasteiger partial charge is 0.174 e. The van der Waals surface area contributed by atoms with Crippen molar-refractivity contribution in [3.05, 3.63) is 143 Å². The van der Waals surface area contributed by atoms with Crippen LogP contribution < -0.4 is 14.2 Å². The fourth-order valence-electron chi connectivity index (χ4n) is 8.83. The van der Waals surface area contributed by atoms with Crippen molar-refractivity contribution in [3.8, 4) is 10.4 Å². The SMILES string of the molecule is C.CC(=O)Nc1cc(-c2cc3c(s2)C(=O)CC3c2ccc(Cl)cc2)ccn1.CCC[CH2][Sn]([CH2]CCC)([CH2]CCC)[c]1ccnc(NC(C)=O)c1.O=C1CC(c2ccc(Cl)cc2)c2cc(Br)sc21. The molecular formula is C53H61BrCl2N4O4S2Sn. The molecule has 0 fully saturated rings. The molecule has 0 bridgehead atoms. The Hall–Kier alpha value is -3.72. The number of rotatable bonds is 15. The predicted molar refractivity (Wildman–Crippen MR) is 288 cm³/mol. The molecule has 354 valence electrons. The summed E-state index contributed by atoms with van der Waals surface area (Å²) in [6.45, 7) is 9.89. The number of pyridine rings is 2. The van der Waals surface area contributed by atoms with Crippen LogP contribution in [0.5, 0.6) is 0 Å². The van der Waals surface area contributed by atoms with Gasteiger partial charge >= 0.3 is 147 Å². The fraction of sp³-hybridized carbons (Fsp3) is 0.358. The third-order valence-corrected chi connectivity index (χ3v) is 31.2. The molecule has 2 aromatic carbocycles. The van der Waals surface area contributed by atoms with Crippen molar-refractivity contribution >= 4 is 119 Å². The maximum absolute atomic E-state index is 12.5. The van der Waals surface area contributed by atoms with E-state index in [1.54, 1.807) is 16.7 Å². The van der Waals surface area contributed by atoms with E-state index in [1.807, 2.05) is 66.9 Å². The zero-order valence-electron chi connectivity index (χ0n) is 38.1. The van der Waals surface area contributed by atoms with Crippen molar-refractivity contribution in [3.63, 3.8) is 0 Å². The average molecular weight is 1150 g/mol. The van der Waals surface area contributed by atoms with Gasteiger partial charge in [0.25, 0.3) is 0 Å². The number of nitrogens with zero attached hydrogens (tertiary/aromatic N) is 2. The number of hydrogen-bond donors (Lipinski definition) is 2. The van der Waals surface area contributed by atoms with E-state index in [0.29, 0.717) is 23.7 Å². The van der Waals surface area contributed by atoms with E-state index in [1.165, 1.54) is 81.4 Å². The van der Waals surface area contributed by atoms with Crippen LogP contribution in [0.15, 0.2) is 101 Å². The molecule has 0 saturated carbocycles. The number of hydrogen-bond acceptors (Lipinski definition) is 8. The molecule has 4 heterocycles. The molecule has 0 radical (unpaired) electrons. The van der Waals surface area contributed by atoms with Crippen LogP contribution in [0.4, 0.5) is 11.6 Å². The number of Topliss-reactive ketones (excluding diaryl/α,β-unsaturated/α-hetero) is 2. The number of nitrogens with one attached hydrogen (secondary N) is 2. The van der Waals surface area contributed by atoms with E-state index in [9.17, 15) is 19.2 Å². The molecule has 2 aliphatic rings. The Kier molecular flexibility index (Phi) is 20.8. The molecule has 67 heavy (non-hydrogen) atoms. The number of benzene rings is 2. The third kappa shape index (κ3) is 14.4. The van der Waals surface area contributed by atoms with Crippen molar-refractivity contribution < 1.29 is 19.2 Å². The summed E-state index contributed by atoms with van der Waals surface area (Å²) in [5.74, 6) is 1.72. The molecular weight excluding hydrogens is 1090 g/mol. The first-order valence-corrected chi connectivity index (χ1v) is 33.4. The fourth-order valence-corrected chi connectivity index (χ4v) is 27.8. The average Bonchev–Trinajstić information content (AvgIpc) is 4.06. The summed E-state index contributed by atoms with van der Waals surface area (Å²) in [5.41, 5.74) is 5.40. The van der Waals surface area contributed by atoms with Gasteiger partial charge in [0, 0.05) is 52.7 Å². The van der Waals surface area contributed by atoms with E-state index in [-0.39, 0.29) is 42.6 Å². The van der Waals surface area contributed by atoms with Gasteiger partial charge in [-0.15, -0.1) is 22.7 Å². The summed E-state index contributed by atoms with van der Waals surface area (Å²) in [4.78, 5) is 58.2. The van der Waals surface area contributed by atoms with Crippen LogP contribution >= 0.6 is 61.8 Å². The molecule has 6 aromatic rings. The number of fused-ring (bicyclic) bond motifs is 2. The number of ketones is 2. The number of carbonyl (C=O) groups is 4. The number of unbranched alkanes of at least 4 members (excludes halogenated alkanes) is 3. The molecule has 2 aliphatic carbocycles. The van der Waals surface area contributed by atoms with Gasteiger partial charge in [-0.3, -0.25) is 14.4 Å². The van der Waals surface area contributed by atoms with Gasteiger partial charge in [0.2, 0.25) is 5.91 Å². The van der Waals surface area contributed by atoms with Crippen molar-refractivity contribution in [1.29, 1.82) is 0 Å². The van der Waals surface area contributed by atoms with Gasteiger partial charge in [0.1, 0.15) is 5.82 Å². The summed E-state index contributed by atoms with van der Waals surface area (Å²) in [7, 11) is 0. The van der Waals surface area contributed by atoms with Crippen molar-refractivity contribution in [2.24, 2.45) is 0 Å². The molecule has 2 N–H and O–H groups in total.